The Kier molecular flexibility index (Phi) is 8.43. The summed E-state index contributed by atoms with van der Waals surface area (Å²) in [6.45, 7) is 0. The fraction of sp³-hybridized carbons (Fsp3) is 1.00. The van der Waals surface area contributed by atoms with Gasteiger partial charge in [-0.3, -0.25) is 0 Å². The van der Waals surface area contributed by atoms with E-state index in [9.17, 15) is 0 Å². The standard InChI is InChI=1S/C29H51O2P/c30-32(26-17-9-3-10-18-26,27-19-11-4-12-20-27)29-22-25(23-13-5-1-6-14-23)21-28(31-29)24-15-7-2-8-16-24/h23-29H,1-22H2. The molecule has 3 atom stereocenters. The summed E-state index contributed by atoms with van der Waals surface area (Å²) in [7, 11) is -2.34. The van der Waals surface area contributed by atoms with Gasteiger partial charge in [-0.15, -0.1) is 0 Å². The third kappa shape index (κ3) is 5.22. The summed E-state index contributed by atoms with van der Waals surface area (Å²) in [4.78, 5) is 0. The third-order valence-electron chi connectivity index (χ3n) is 10.6. The van der Waals surface area contributed by atoms with Crippen LogP contribution in [0.2, 0.25) is 0 Å². The van der Waals surface area contributed by atoms with E-state index in [1.807, 2.05) is 0 Å². The van der Waals surface area contributed by atoms with Crippen molar-refractivity contribution >= 4 is 7.14 Å². The summed E-state index contributed by atoms with van der Waals surface area (Å²) in [5, 5.41) is 0. The fourth-order valence-electron chi connectivity index (χ4n) is 8.76. The van der Waals surface area contributed by atoms with Gasteiger partial charge in [0.15, 0.2) is 0 Å². The second-order valence-electron chi connectivity index (χ2n) is 12.5. The van der Waals surface area contributed by atoms with Gasteiger partial charge in [-0.05, 0) is 69.1 Å². The summed E-state index contributed by atoms with van der Waals surface area (Å²) >= 11 is 0. The highest BCUT2D eigenvalue weighted by atomic mass is 31.2. The summed E-state index contributed by atoms with van der Waals surface area (Å²) in [6.07, 6.45) is 29.9. The van der Waals surface area contributed by atoms with Crippen molar-refractivity contribution in [1.82, 2.24) is 0 Å². The van der Waals surface area contributed by atoms with E-state index in [0.29, 0.717) is 17.4 Å². The molecule has 0 aromatic rings. The van der Waals surface area contributed by atoms with Crippen molar-refractivity contribution < 1.29 is 9.30 Å². The Morgan fingerprint density at radius 3 is 1.41 bits per heavy atom. The van der Waals surface area contributed by atoms with E-state index in [4.69, 9.17) is 4.74 Å². The van der Waals surface area contributed by atoms with E-state index < -0.39 is 7.14 Å². The quantitative estimate of drug-likeness (QED) is 0.380. The molecule has 2 nitrogen and oxygen atoms in total. The number of hydrogen-bond donors (Lipinski definition) is 0. The molecule has 3 unspecified atom stereocenters. The Morgan fingerprint density at radius 2 is 0.906 bits per heavy atom. The predicted molar refractivity (Wildman–Crippen MR) is 136 cm³/mol. The first kappa shape index (κ1) is 23.9. The summed E-state index contributed by atoms with van der Waals surface area (Å²) in [5.74, 6) is 2.55. The molecule has 0 bridgehead atoms. The molecule has 1 saturated heterocycles. The predicted octanol–water partition coefficient (Wildman–Crippen LogP) is 9.30. The molecule has 0 aromatic heterocycles. The largest absolute Gasteiger partial charge is 0.367 e. The fourth-order valence-corrected chi connectivity index (χ4v) is 13.6. The van der Waals surface area contributed by atoms with Gasteiger partial charge in [0.2, 0.25) is 0 Å². The molecule has 0 radical (unpaired) electrons. The molecule has 3 heteroatoms. The minimum atomic E-state index is -2.34. The smallest absolute Gasteiger partial charge is 0.121 e. The highest BCUT2D eigenvalue weighted by Gasteiger charge is 2.51. The molecular weight excluding hydrogens is 411 g/mol. The zero-order valence-electron chi connectivity index (χ0n) is 20.9. The first-order valence-corrected chi connectivity index (χ1v) is 16.9. The number of rotatable bonds is 5. The van der Waals surface area contributed by atoms with Crippen LogP contribution in [0, 0.1) is 17.8 Å². The van der Waals surface area contributed by atoms with Crippen molar-refractivity contribution in [2.24, 2.45) is 17.8 Å². The van der Waals surface area contributed by atoms with E-state index >= 15 is 4.57 Å². The van der Waals surface area contributed by atoms with Gasteiger partial charge in [-0.25, -0.2) is 0 Å². The molecule has 0 spiro atoms. The summed E-state index contributed by atoms with van der Waals surface area (Å²) in [6, 6.07) is 0. The maximum atomic E-state index is 15.4. The molecule has 0 N–H and O–H groups in total. The SMILES string of the molecule is O=P(C1CCCCC1)(C1CCCCC1)C1CC(C2CCCCC2)CC(C2CCCCC2)O1. The van der Waals surface area contributed by atoms with Crippen molar-refractivity contribution in [3.8, 4) is 0 Å². The van der Waals surface area contributed by atoms with Crippen molar-refractivity contribution in [2.45, 2.75) is 165 Å². The lowest BCUT2D eigenvalue weighted by Gasteiger charge is -2.49. The van der Waals surface area contributed by atoms with Crippen molar-refractivity contribution in [3.63, 3.8) is 0 Å². The van der Waals surface area contributed by atoms with Gasteiger partial charge in [0.25, 0.3) is 0 Å². The first-order valence-electron chi connectivity index (χ1n) is 15.0. The van der Waals surface area contributed by atoms with Crippen LogP contribution < -0.4 is 0 Å². The van der Waals surface area contributed by atoms with Crippen LogP contribution in [0.3, 0.4) is 0 Å². The van der Waals surface area contributed by atoms with Crippen LogP contribution >= 0.6 is 7.14 Å². The number of hydrogen-bond acceptors (Lipinski definition) is 2. The van der Waals surface area contributed by atoms with Crippen molar-refractivity contribution in [3.05, 3.63) is 0 Å². The summed E-state index contributed by atoms with van der Waals surface area (Å²) < 4.78 is 22.6. The first-order chi connectivity index (χ1) is 15.7. The molecule has 0 aromatic carbocycles. The molecule has 32 heavy (non-hydrogen) atoms. The average molecular weight is 463 g/mol. The second kappa shape index (κ2) is 11.3. The van der Waals surface area contributed by atoms with Gasteiger partial charge in [-0.1, -0.05) is 89.9 Å². The van der Waals surface area contributed by atoms with Gasteiger partial charge < -0.3 is 9.30 Å². The van der Waals surface area contributed by atoms with Gasteiger partial charge in [0.1, 0.15) is 13.0 Å². The molecule has 5 aliphatic rings. The van der Waals surface area contributed by atoms with E-state index in [-0.39, 0.29) is 5.85 Å². The molecule has 1 aliphatic heterocycles. The Labute approximate surface area is 198 Å². The molecular formula is C29H51O2P. The molecule has 4 aliphatic carbocycles. The molecule has 0 amide bonds. The minimum absolute atomic E-state index is 0.112. The zero-order valence-corrected chi connectivity index (χ0v) is 21.8. The lowest BCUT2D eigenvalue weighted by Crippen LogP contribution is -2.43. The second-order valence-corrected chi connectivity index (χ2v) is 16.1. The lowest BCUT2D eigenvalue weighted by atomic mass is 9.72. The lowest BCUT2D eigenvalue weighted by molar-refractivity contribution is -0.0837. The Balaban J connectivity index is 1.42. The minimum Gasteiger partial charge on any atom is -0.367 e. The van der Waals surface area contributed by atoms with Gasteiger partial charge in [-0.2, -0.15) is 0 Å². The molecule has 184 valence electrons. The molecule has 5 rings (SSSR count). The monoisotopic (exact) mass is 462 g/mol. The van der Waals surface area contributed by atoms with Crippen LogP contribution in [0.4, 0.5) is 0 Å². The average Bonchev–Trinajstić information content (AvgIpc) is 2.90. The third-order valence-corrected chi connectivity index (χ3v) is 15.2. The van der Waals surface area contributed by atoms with Crippen LogP contribution in [0.25, 0.3) is 0 Å². The van der Waals surface area contributed by atoms with Gasteiger partial charge in [0, 0.05) is 11.3 Å². The van der Waals surface area contributed by atoms with Crippen LogP contribution in [-0.2, 0) is 9.30 Å². The molecule has 1 heterocycles. The van der Waals surface area contributed by atoms with Crippen LogP contribution in [-0.4, -0.2) is 23.3 Å². The van der Waals surface area contributed by atoms with Crippen LogP contribution in [0.15, 0.2) is 0 Å². The Morgan fingerprint density at radius 1 is 0.469 bits per heavy atom. The van der Waals surface area contributed by atoms with E-state index in [2.05, 4.69) is 0 Å². The molecule has 5 fully saturated rings. The van der Waals surface area contributed by atoms with E-state index in [1.165, 1.54) is 135 Å². The highest BCUT2D eigenvalue weighted by Crippen LogP contribution is 2.68. The maximum Gasteiger partial charge on any atom is 0.121 e. The van der Waals surface area contributed by atoms with Crippen LogP contribution in [0.1, 0.15) is 141 Å². The van der Waals surface area contributed by atoms with Crippen molar-refractivity contribution in [2.75, 3.05) is 0 Å². The Hall–Kier alpha value is 0.190. The van der Waals surface area contributed by atoms with Gasteiger partial charge >= 0.3 is 0 Å². The summed E-state index contributed by atoms with van der Waals surface area (Å²) in [5.41, 5.74) is 0.975. The van der Waals surface area contributed by atoms with Crippen LogP contribution in [0.5, 0.6) is 0 Å². The van der Waals surface area contributed by atoms with E-state index in [0.717, 1.165) is 24.2 Å². The van der Waals surface area contributed by atoms with Crippen molar-refractivity contribution in [1.29, 1.82) is 0 Å². The highest BCUT2D eigenvalue weighted by molar-refractivity contribution is 7.66. The van der Waals surface area contributed by atoms with E-state index in [1.54, 1.807) is 0 Å². The normalized spacial score (nSPS) is 35.7. The van der Waals surface area contributed by atoms with Gasteiger partial charge in [0.05, 0.1) is 6.10 Å². The maximum absolute atomic E-state index is 15.4. The molecule has 4 saturated carbocycles. The topological polar surface area (TPSA) is 26.3 Å². The zero-order chi connectivity index (χ0) is 21.8. The number of ether oxygens (including phenoxy) is 1. The Bertz CT molecular complexity index is 561.